The molecule has 96 valence electrons. The second-order valence-corrected chi connectivity index (χ2v) is 4.43. The first-order valence-corrected chi connectivity index (χ1v) is 6.01. The van der Waals surface area contributed by atoms with Crippen molar-refractivity contribution in [3.8, 4) is 0 Å². The molecule has 2 N–H and O–H groups in total. The molecule has 0 saturated carbocycles. The third kappa shape index (κ3) is 3.17. The zero-order valence-corrected chi connectivity index (χ0v) is 10.9. The van der Waals surface area contributed by atoms with Crippen LogP contribution < -0.4 is 5.32 Å². The molecule has 2 aromatic rings. The highest BCUT2D eigenvalue weighted by molar-refractivity contribution is 9.10. The molecule has 0 spiro atoms. The van der Waals surface area contributed by atoms with Crippen molar-refractivity contribution < 1.29 is 14.4 Å². The highest BCUT2D eigenvalue weighted by Crippen LogP contribution is 2.10. The Hall–Kier alpha value is -1.67. The van der Waals surface area contributed by atoms with Gasteiger partial charge in [-0.25, -0.2) is 0 Å². The lowest BCUT2D eigenvalue weighted by atomic mass is 10.3. The van der Waals surface area contributed by atoms with Crippen LogP contribution in [-0.2, 0) is 6.54 Å². The Morgan fingerprint density at radius 3 is 3.11 bits per heavy atom. The molecule has 0 aliphatic carbocycles. The van der Waals surface area contributed by atoms with Gasteiger partial charge in [-0.05, 0) is 15.9 Å². The molecule has 0 aliphatic heterocycles. The van der Waals surface area contributed by atoms with E-state index in [0.717, 1.165) is 4.47 Å². The van der Waals surface area contributed by atoms with Crippen LogP contribution >= 0.6 is 15.9 Å². The molecular formula is C10H11BrN4O3. The zero-order chi connectivity index (χ0) is 13.0. The highest BCUT2D eigenvalue weighted by Gasteiger charge is 2.12. The van der Waals surface area contributed by atoms with Crippen molar-refractivity contribution in [1.29, 1.82) is 0 Å². The van der Waals surface area contributed by atoms with E-state index in [2.05, 4.69) is 31.5 Å². The summed E-state index contributed by atoms with van der Waals surface area (Å²) in [6.07, 6.45) is 3.44. The molecule has 1 amide bonds. The number of aliphatic hydroxyl groups is 1. The third-order valence-corrected chi connectivity index (χ3v) is 2.52. The third-order valence-electron chi connectivity index (χ3n) is 2.11. The molecule has 0 unspecified atom stereocenters. The van der Waals surface area contributed by atoms with E-state index in [1.54, 1.807) is 23.1 Å². The largest absolute Gasteiger partial charge is 0.395 e. The van der Waals surface area contributed by atoms with Gasteiger partial charge in [-0.2, -0.15) is 5.10 Å². The van der Waals surface area contributed by atoms with Crippen molar-refractivity contribution in [1.82, 2.24) is 20.3 Å². The van der Waals surface area contributed by atoms with Crippen molar-refractivity contribution in [2.45, 2.75) is 6.54 Å². The molecule has 0 bridgehead atoms. The van der Waals surface area contributed by atoms with Gasteiger partial charge in [-0.1, -0.05) is 5.16 Å². The van der Waals surface area contributed by atoms with Gasteiger partial charge < -0.3 is 14.9 Å². The topological polar surface area (TPSA) is 93.2 Å². The van der Waals surface area contributed by atoms with Crippen LogP contribution in [0, 0.1) is 0 Å². The lowest BCUT2D eigenvalue weighted by molar-refractivity contribution is 0.0935. The van der Waals surface area contributed by atoms with Gasteiger partial charge in [0.05, 0.1) is 17.3 Å². The first-order chi connectivity index (χ1) is 8.69. The van der Waals surface area contributed by atoms with E-state index in [9.17, 15) is 4.79 Å². The van der Waals surface area contributed by atoms with Gasteiger partial charge in [-0.3, -0.25) is 9.48 Å². The summed E-state index contributed by atoms with van der Waals surface area (Å²) in [5.41, 5.74) is 0.185. The molecule has 8 heteroatoms. The van der Waals surface area contributed by atoms with Crippen LogP contribution in [-0.4, -0.2) is 39.1 Å². The molecule has 0 saturated heterocycles. The van der Waals surface area contributed by atoms with Crippen LogP contribution in [0.2, 0.25) is 0 Å². The van der Waals surface area contributed by atoms with Crippen LogP contribution in [0.5, 0.6) is 0 Å². The molecule has 0 aromatic carbocycles. The number of aliphatic hydroxyl groups excluding tert-OH is 1. The normalized spacial score (nSPS) is 10.6. The maximum atomic E-state index is 11.5. The molecular weight excluding hydrogens is 304 g/mol. The van der Waals surface area contributed by atoms with Gasteiger partial charge in [0.15, 0.2) is 11.5 Å². The summed E-state index contributed by atoms with van der Waals surface area (Å²) >= 11 is 3.29. The molecule has 2 aromatic heterocycles. The van der Waals surface area contributed by atoms with Crippen LogP contribution in [0.3, 0.4) is 0 Å². The Morgan fingerprint density at radius 2 is 2.44 bits per heavy atom. The van der Waals surface area contributed by atoms with E-state index in [1.165, 1.54) is 0 Å². The Labute approximate surface area is 111 Å². The van der Waals surface area contributed by atoms with Crippen LogP contribution in [0.15, 0.2) is 27.5 Å². The molecule has 0 fully saturated rings. The number of aromatic nitrogens is 3. The quantitative estimate of drug-likeness (QED) is 0.833. The summed E-state index contributed by atoms with van der Waals surface area (Å²) < 4.78 is 7.55. The van der Waals surface area contributed by atoms with Gasteiger partial charge >= 0.3 is 0 Å². The summed E-state index contributed by atoms with van der Waals surface area (Å²) in [7, 11) is 0. The number of nitrogens with one attached hydrogen (secondary N) is 1. The highest BCUT2D eigenvalue weighted by atomic mass is 79.9. The average molecular weight is 315 g/mol. The minimum Gasteiger partial charge on any atom is -0.395 e. The van der Waals surface area contributed by atoms with E-state index < -0.39 is 0 Å². The van der Waals surface area contributed by atoms with Crippen molar-refractivity contribution in [2.24, 2.45) is 0 Å². The molecule has 7 nitrogen and oxygen atoms in total. The average Bonchev–Trinajstić information content (AvgIpc) is 2.96. The van der Waals surface area contributed by atoms with Gasteiger partial charge in [0.25, 0.3) is 5.91 Å². The van der Waals surface area contributed by atoms with E-state index in [0.29, 0.717) is 12.3 Å². The zero-order valence-electron chi connectivity index (χ0n) is 9.34. The minimum absolute atomic E-state index is 0.113. The van der Waals surface area contributed by atoms with Crippen molar-refractivity contribution >= 4 is 21.8 Å². The molecule has 2 rings (SSSR count). The summed E-state index contributed by atoms with van der Waals surface area (Å²) in [5, 5.41) is 18.8. The van der Waals surface area contributed by atoms with Crippen molar-refractivity contribution in [3.63, 3.8) is 0 Å². The first-order valence-electron chi connectivity index (χ1n) is 5.21. The number of hydrogen-bond acceptors (Lipinski definition) is 5. The van der Waals surface area contributed by atoms with E-state index in [-0.39, 0.29) is 24.8 Å². The van der Waals surface area contributed by atoms with Crippen LogP contribution in [0.25, 0.3) is 0 Å². The first kappa shape index (κ1) is 12.8. The molecule has 0 aliphatic rings. The Kier molecular flexibility index (Phi) is 4.11. The Balaban J connectivity index is 1.99. The number of rotatable bonds is 5. The number of carbonyl (C=O) groups excluding carboxylic acids is 1. The Bertz CT molecular complexity index is 537. The molecule has 0 radical (unpaired) electrons. The van der Waals surface area contributed by atoms with E-state index in [4.69, 9.17) is 9.63 Å². The molecule has 0 atom stereocenters. The maximum absolute atomic E-state index is 11.5. The smallest absolute Gasteiger partial charge is 0.273 e. The number of halogens is 1. The van der Waals surface area contributed by atoms with Gasteiger partial charge in [-0.15, -0.1) is 0 Å². The minimum atomic E-state index is -0.374. The van der Waals surface area contributed by atoms with Gasteiger partial charge in [0.1, 0.15) is 6.54 Å². The summed E-state index contributed by atoms with van der Waals surface area (Å²) in [6, 6.07) is 1.54. The fourth-order valence-corrected chi connectivity index (χ4v) is 1.67. The van der Waals surface area contributed by atoms with Crippen molar-refractivity contribution in [2.75, 3.05) is 13.2 Å². The lowest BCUT2D eigenvalue weighted by Crippen LogP contribution is -2.26. The lowest BCUT2D eigenvalue weighted by Gasteiger charge is -1.97. The van der Waals surface area contributed by atoms with Gasteiger partial charge in [0.2, 0.25) is 0 Å². The van der Waals surface area contributed by atoms with Crippen LogP contribution in [0.4, 0.5) is 0 Å². The van der Waals surface area contributed by atoms with Crippen LogP contribution in [0.1, 0.15) is 16.2 Å². The predicted octanol–water partition coefficient (Wildman–Crippen LogP) is 0.404. The number of carbonyl (C=O) groups is 1. The van der Waals surface area contributed by atoms with E-state index in [1.807, 2.05) is 0 Å². The summed E-state index contributed by atoms with van der Waals surface area (Å²) in [6.45, 7) is 0.469. The van der Waals surface area contributed by atoms with Gasteiger partial charge in [0, 0.05) is 18.8 Å². The summed E-state index contributed by atoms with van der Waals surface area (Å²) in [5.74, 6) is 0.153. The van der Waals surface area contributed by atoms with E-state index >= 15 is 0 Å². The Morgan fingerprint density at radius 1 is 1.61 bits per heavy atom. The molecule has 18 heavy (non-hydrogen) atoms. The number of nitrogens with zero attached hydrogens (tertiary/aromatic N) is 3. The maximum Gasteiger partial charge on any atom is 0.273 e. The predicted molar refractivity (Wildman–Crippen MR) is 65.0 cm³/mol. The number of hydrogen-bond donors (Lipinski definition) is 2. The fourth-order valence-electron chi connectivity index (χ4n) is 1.34. The van der Waals surface area contributed by atoms with Crippen molar-refractivity contribution in [3.05, 3.63) is 34.4 Å². The molecule has 2 heterocycles. The summed E-state index contributed by atoms with van der Waals surface area (Å²) in [4.78, 5) is 11.5. The fraction of sp³-hybridized carbons (Fsp3) is 0.300. The standard InChI is InChI=1S/C10H11BrN4O3/c11-7-4-13-15(5-7)6-8-3-9(14-18-8)10(17)12-1-2-16/h3-5,16H,1-2,6H2,(H,12,17). The second kappa shape index (κ2) is 5.78. The second-order valence-electron chi connectivity index (χ2n) is 3.51. The number of amides is 1. The SMILES string of the molecule is O=C(NCCO)c1cc(Cn2cc(Br)cn2)on1. The monoisotopic (exact) mass is 314 g/mol.